The van der Waals surface area contributed by atoms with E-state index in [1.807, 2.05) is 6.07 Å². The van der Waals surface area contributed by atoms with Crippen LogP contribution in [0, 0.1) is 5.92 Å². The van der Waals surface area contributed by atoms with E-state index in [2.05, 4.69) is 65.4 Å². The Morgan fingerprint density at radius 3 is 2.35 bits per heavy atom. The fourth-order valence-corrected chi connectivity index (χ4v) is 2.97. The van der Waals surface area contributed by atoms with Crippen molar-refractivity contribution < 1.29 is 4.42 Å². The molecule has 2 rings (SSSR count). The quantitative estimate of drug-likeness (QED) is 0.741. The monoisotopic (exact) mass is 335 g/mol. The molecular formula is C17H22BrNO. The lowest BCUT2D eigenvalue weighted by Crippen LogP contribution is -2.27. The van der Waals surface area contributed by atoms with Crippen LogP contribution in [0.5, 0.6) is 0 Å². The van der Waals surface area contributed by atoms with Crippen molar-refractivity contribution in [3.63, 3.8) is 0 Å². The molecule has 0 saturated carbocycles. The second-order valence-corrected chi connectivity index (χ2v) is 5.89. The Hall–Kier alpha value is -1.06. The van der Waals surface area contributed by atoms with E-state index in [1.54, 1.807) is 6.26 Å². The van der Waals surface area contributed by atoms with Crippen molar-refractivity contribution in [1.82, 2.24) is 5.32 Å². The molecule has 1 unspecified atom stereocenters. The average Bonchev–Trinajstić information content (AvgIpc) is 2.90. The summed E-state index contributed by atoms with van der Waals surface area (Å²) in [6, 6.07) is 13.0. The summed E-state index contributed by atoms with van der Waals surface area (Å²) in [7, 11) is 0. The minimum atomic E-state index is 0.364. The molecular weight excluding hydrogens is 314 g/mol. The highest BCUT2D eigenvalue weighted by atomic mass is 79.9. The molecule has 0 radical (unpaired) electrons. The van der Waals surface area contributed by atoms with Crippen molar-refractivity contribution in [3.8, 4) is 0 Å². The molecule has 3 heteroatoms. The predicted octanol–water partition coefficient (Wildman–Crippen LogP) is 5.31. The number of hydrogen-bond acceptors (Lipinski definition) is 2. The summed E-state index contributed by atoms with van der Waals surface area (Å²) >= 11 is 3.51. The van der Waals surface area contributed by atoms with Gasteiger partial charge in [-0.2, -0.15) is 0 Å². The first-order valence-corrected chi connectivity index (χ1v) is 8.05. The van der Waals surface area contributed by atoms with Crippen LogP contribution >= 0.6 is 15.9 Å². The number of furan rings is 1. The second kappa shape index (κ2) is 7.65. The van der Waals surface area contributed by atoms with Crippen LogP contribution in [0.1, 0.15) is 44.1 Å². The molecule has 108 valence electrons. The van der Waals surface area contributed by atoms with Gasteiger partial charge in [-0.25, -0.2) is 0 Å². The highest BCUT2D eigenvalue weighted by molar-refractivity contribution is 9.10. The third-order valence-corrected chi connectivity index (χ3v) is 4.56. The maximum atomic E-state index is 5.49. The van der Waals surface area contributed by atoms with Gasteiger partial charge < -0.3 is 9.73 Å². The Labute approximate surface area is 129 Å². The van der Waals surface area contributed by atoms with Gasteiger partial charge in [0.1, 0.15) is 5.76 Å². The number of halogens is 1. The van der Waals surface area contributed by atoms with Gasteiger partial charge in [0.05, 0.1) is 17.3 Å². The molecule has 20 heavy (non-hydrogen) atoms. The molecule has 2 nitrogen and oxygen atoms in total. The first-order chi connectivity index (χ1) is 9.76. The smallest absolute Gasteiger partial charge is 0.131 e. The summed E-state index contributed by atoms with van der Waals surface area (Å²) in [6.45, 7) is 5.26. The maximum Gasteiger partial charge on any atom is 0.131 e. The molecule has 0 aliphatic carbocycles. The highest BCUT2D eigenvalue weighted by Gasteiger charge is 2.20. The van der Waals surface area contributed by atoms with E-state index in [0.29, 0.717) is 12.0 Å². The fraction of sp³-hybridized carbons (Fsp3) is 0.412. The van der Waals surface area contributed by atoms with Crippen molar-refractivity contribution in [1.29, 1.82) is 0 Å². The lowest BCUT2D eigenvalue weighted by atomic mass is 9.89. The molecule has 2 aromatic rings. The zero-order valence-corrected chi connectivity index (χ0v) is 13.7. The van der Waals surface area contributed by atoms with Gasteiger partial charge in [-0.05, 0) is 33.5 Å². The van der Waals surface area contributed by atoms with Crippen molar-refractivity contribution in [2.45, 2.75) is 39.3 Å². The minimum Gasteiger partial charge on any atom is -0.467 e. The lowest BCUT2D eigenvalue weighted by molar-refractivity contribution is 0.327. The van der Waals surface area contributed by atoms with E-state index < -0.39 is 0 Å². The van der Waals surface area contributed by atoms with Crippen LogP contribution in [0.15, 0.2) is 51.6 Å². The Balaban J connectivity index is 2.13. The standard InChI is InChI=1S/C17H22BrNO/c1-3-13(4-2)17(14-8-6-5-7-9-14)19-12-16-15(18)10-11-20-16/h5-11,13,17,19H,3-4,12H2,1-2H3. The number of nitrogens with one attached hydrogen (secondary N) is 1. The van der Waals surface area contributed by atoms with Gasteiger partial charge in [0.2, 0.25) is 0 Å². The van der Waals surface area contributed by atoms with Gasteiger partial charge in [0.25, 0.3) is 0 Å². The van der Waals surface area contributed by atoms with Gasteiger partial charge in [-0.3, -0.25) is 0 Å². The molecule has 0 bridgehead atoms. The topological polar surface area (TPSA) is 25.2 Å². The van der Waals surface area contributed by atoms with E-state index in [0.717, 1.165) is 16.8 Å². The zero-order chi connectivity index (χ0) is 14.4. The van der Waals surface area contributed by atoms with Crippen LogP contribution in [-0.4, -0.2) is 0 Å². The summed E-state index contributed by atoms with van der Waals surface area (Å²) in [4.78, 5) is 0. The molecule has 1 heterocycles. The molecule has 1 aromatic heterocycles. The van der Waals surface area contributed by atoms with E-state index in [1.165, 1.54) is 18.4 Å². The molecule has 0 aliphatic rings. The third kappa shape index (κ3) is 3.74. The van der Waals surface area contributed by atoms with Gasteiger partial charge in [0.15, 0.2) is 0 Å². The number of rotatable bonds is 7. The largest absolute Gasteiger partial charge is 0.467 e. The average molecular weight is 336 g/mol. The van der Waals surface area contributed by atoms with E-state index in [9.17, 15) is 0 Å². The van der Waals surface area contributed by atoms with Crippen LogP contribution in [0.2, 0.25) is 0 Å². The predicted molar refractivity (Wildman–Crippen MR) is 86.5 cm³/mol. The van der Waals surface area contributed by atoms with Gasteiger partial charge in [-0.15, -0.1) is 0 Å². The van der Waals surface area contributed by atoms with Crippen molar-refractivity contribution in [2.24, 2.45) is 5.92 Å². The van der Waals surface area contributed by atoms with Gasteiger partial charge in [0, 0.05) is 6.04 Å². The highest BCUT2D eigenvalue weighted by Crippen LogP contribution is 2.28. The molecule has 0 saturated heterocycles. The molecule has 0 spiro atoms. The van der Waals surface area contributed by atoms with Crippen LogP contribution in [0.25, 0.3) is 0 Å². The van der Waals surface area contributed by atoms with Crippen LogP contribution in [0.4, 0.5) is 0 Å². The summed E-state index contributed by atoms with van der Waals surface area (Å²) in [5.41, 5.74) is 1.35. The molecule has 1 N–H and O–H groups in total. The van der Waals surface area contributed by atoms with Crippen molar-refractivity contribution >= 4 is 15.9 Å². The van der Waals surface area contributed by atoms with Crippen molar-refractivity contribution in [3.05, 3.63) is 58.5 Å². The van der Waals surface area contributed by atoms with Gasteiger partial charge >= 0.3 is 0 Å². The van der Waals surface area contributed by atoms with Crippen LogP contribution in [0.3, 0.4) is 0 Å². The van der Waals surface area contributed by atoms with E-state index in [-0.39, 0.29) is 0 Å². The number of benzene rings is 1. The fourth-order valence-electron chi connectivity index (χ4n) is 2.63. The van der Waals surface area contributed by atoms with Gasteiger partial charge in [-0.1, -0.05) is 57.0 Å². The minimum absolute atomic E-state index is 0.364. The summed E-state index contributed by atoms with van der Waals surface area (Å²) in [6.07, 6.45) is 4.06. The Morgan fingerprint density at radius 1 is 1.10 bits per heavy atom. The maximum absolute atomic E-state index is 5.49. The third-order valence-electron chi connectivity index (χ3n) is 3.85. The molecule has 0 amide bonds. The zero-order valence-electron chi connectivity index (χ0n) is 12.1. The van der Waals surface area contributed by atoms with Crippen LogP contribution < -0.4 is 5.32 Å². The first-order valence-electron chi connectivity index (χ1n) is 7.26. The lowest BCUT2D eigenvalue weighted by Gasteiger charge is -2.27. The Kier molecular flexibility index (Phi) is 5.86. The Bertz CT molecular complexity index is 505. The summed E-state index contributed by atoms with van der Waals surface area (Å²) in [5, 5.41) is 3.66. The van der Waals surface area contributed by atoms with Crippen molar-refractivity contribution in [2.75, 3.05) is 0 Å². The summed E-state index contributed by atoms with van der Waals surface area (Å²) in [5.74, 6) is 1.59. The second-order valence-electron chi connectivity index (χ2n) is 5.04. The van der Waals surface area contributed by atoms with E-state index >= 15 is 0 Å². The van der Waals surface area contributed by atoms with Crippen LogP contribution in [-0.2, 0) is 6.54 Å². The molecule has 0 aliphatic heterocycles. The Morgan fingerprint density at radius 2 is 1.80 bits per heavy atom. The first kappa shape index (κ1) is 15.3. The molecule has 1 atom stereocenters. The number of hydrogen-bond donors (Lipinski definition) is 1. The SMILES string of the molecule is CCC(CC)C(NCc1occc1Br)c1ccccc1. The van der Waals surface area contributed by atoms with E-state index in [4.69, 9.17) is 4.42 Å². The summed E-state index contributed by atoms with van der Waals surface area (Å²) < 4.78 is 6.52. The molecule has 1 aromatic carbocycles. The molecule has 0 fully saturated rings. The normalized spacial score (nSPS) is 12.8.